The Balaban J connectivity index is 1.16. The first-order chi connectivity index (χ1) is 26.8. The van der Waals surface area contributed by atoms with E-state index in [0.717, 1.165) is 16.7 Å². The molecule has 3 N–H and O–H groups in total. The van der Waals surface area contributed by atoms with Crippen LogP contribution in [-0.2, 0) is 46.6 Å². The highest BCUT2D eigenvalue weighted by Crippen LogP contribution is 2.58. The van der Waals surface area contributed by atoms with E-state index < -0.39 is 25.1 Å². The van der Waals surface area contributed by atoms with Crippen molar-refractivity contribution in [2.45, 2.75) is 50.9 Å². The summed E-state index contributed by atoms with van der Waals surface area (Å²) in [5, 5.41) is 16.5. The maximum absolute atomic E-state index is 14.5. The van der Waals surface area contributed by atoms with Gasteiger partial charge >= 0.3 is 6.09 Å². The average molecular weight is 763 g/mol. The monoisotopic (exact) mass is 762 g/mol. The Labute approximate surface area is 319 Å². The molecule has 0 spiro atoms. The Morgan fingerprint density at radius 2 is 1.20 bits per heavy atom. The second-order valence-corrected chi connectivity index (χ2v) is 15.3. The first kappa shape index (κ1) is 39.0. The lowest BCUT2D eigenvalue weighted by Crippen LogP contribution is -2.51. The highest BCUT2D eigenvalue weighted by atomic mass is 31.2. The number of nitrogens with one attached hydrogen (secondary N) is 1. The van der Waals surface area contributed by atoms with E-state index in [2.05, 4.69) is 10.5 Å². The van der Waals surface area contributed by atoms with Crippen molar-refractivity contribution in [2.24, 2.45) is 0 Å². The molecule has 2 unspecified atom stereocenters. The van der Waals surface area contributed by atoms with Gasteiger partial charge in [0.2, 0.25) is 5.47 Å². The number of hydrogen-bond acceptors (Lipinski definition) is 9. The summed E-state index contributed by atoms with van der Waals surface area (Å²) >= 11 is 0. The average Bonchev–Trinajstić information content (AvgIpc) is 3.69. The number of carbonyl (C=O) groups excluding carboxylic acids is 1. The number of aliphatic hydroxyl groups is 1. The summed E-state index contributed by atoms with van der Waals surface area (Å²) in [6.45, 7) is 0.175. The number of ether oxygens (including phenoxy) is 4. The summed E-state index contributed by atoms with van der Waals surface area (Å²) in [6, 6.07) is 44.5. The molecule has 0 aliphatic heterocycles. The number of amides is 1. The van der Waals surface area contributed by atoms with E-state index in [1.165, 1.54) is 0 Å². The van der Waals surface area contributed by atoms with E-state index in [9.17, 15) is 19.4 Å². The zero-order valence-corrected chi connectivity index (χ0v) is 31.1. The van der Waals surface area contributed by atoms with Crippen molar-refractivity contribution in [1.82, 2.24) is 10.5 Å². The molecule has 1 aromatic heterocycles. The molecule has 0 saturated heterocycles. The lowest BCUT2D eigenvalue weighted by Gasteiger charge is -2.37. The van der Waals surface area contributed by atoms with E-state index in [-0.39, 0.29) is 38.4 Å². The normalized spacial score (nSPS) is 13.3. The number of nitrogens with zero attached hydrogens (tertiary/aromatic N) is 1. The van der Waals surface area contributed by atoms with Gasteiger partial charge in [0.15, 0.2) is 0 Å². The van der Waals surface area contributed by atoms with Crippen LogP contribution in [0.2, 0.25) is 0 Å². The van der Waals surface area contributed by atoms with Crippen LogP contribution in [0.3, 0.4) is 0 Å². The van der Waals surface area contributed by atoms with Gasteiger partial charge in [-0.15, -0.1) is 0 Å². The molecule has 6 rings (SSSR count). The van der Waals surface area contributed by atoms with Gasteiger partial charge in [-0.2, -0.15) is 0 Å². The van der Waals surface area contributed by atoms with Crippen LogP contribution in [0.4, 0.5) is 4.79 Å². The van der Waals surface area contributed by atoms with E-state index in [1.807, 2.05) is 91.0 Å². The third-order valence-electron chi connectivity index (χ3n) is 8.73. The molecule has 0 aliphatic carbocycles. The van der Waals surface area contributed by atoms with Gasteiger partial charge < -0.3 is 33.5 Å². The summed E-state index contributed by atoms with van der Waals surface area (Å²) in [6.07, 6.45) is -1.68. The Morgan fingerprint density at radius 1 is 0.691 bits per heavy atom. The largest absolute Gasteiger partial charge is 0.489 e. The third kappa shape index (κ3) is 11.2. The van der Waals surface area contributed by atoms with Crippen LogP contribution in [0.5, 0.6) is 11.5 Å². The number of aromatic nitrogens is 1. The van der Waals surface area contributed by atoms with Gasteiger partial charge in [-0.25, -0.2) is 4.79 Å². The van der Waals surface area contributed by atoms with Crippen molar-refractivity contribution in [3.63, 3.8) is 0 Å². The highest BCUT2D eigenvalue weighted by molar-refractivity contribution is 7.58. The molecule has 6 aromatic rings. The van der Waals surface area contributed by atoms with Gasteiger partial charge in [-0.1, -0.05) is 120 Å². The zero-order chi connectivity index (χ0) is 38.4. The predicted octanol–water partition coefficient (Wildman–Crippen LogP) is 8.84. The molecule has 55 heavy (non-hydrogen) atoms. The maximum Gasteiger partial charge on any atom is 0.410 e. The summed E-state index contributed by atoms with van der Waals surface area (Å²) in [5.74, 6) is 1.39. The Bertz CT molecular complexity index is 2110. The minimum Gasteiger partial charge on any atom is -0.489 e. The summed E-state index contributed by atoms with van der Waals surface area (Å²) < 4.78 is 43.6. The van der Waals surface area contributed by atoms with Gasteiger partial charge in [0.1, 0.15) is 42.8 Å². The van der Waals surface area contributed by atoms with Crippen LogP contribution in [0.15, 0.2) is 150 Å². The molecule has 1 amide bonds. The summed E-state index contributed by atoms with van der Waals surface area (Å²) in [4.78, 5) is 25.3. The standard InChI is InChI=1S/C43H43N2O9P/c46-26-10-25-43(55(48,49)32-40-27-41(45-54-40)37-15-8-3-9-16-37,53-31-36-19-23-39(24-20-36)51-29-34-13-6-2-7-14-34)44-42(47)52-30-35-17-21-38(22-18-35)50-28-33-11-4-1-5-12-33/h1-9,11-24,27,46H,10,25-26,28-32H2,(H,44,47)(H,48,49). The minimum absolute atomic E-state index is 0.0349. The molecule has 1 heterocycles. The van der Waals surface area contributed by atoms with Crippen molar-refractivity contribution in [2.75, 3.05) is 6.61 Å². The number of rotatable bonds is 19. The van der Waals surface area contributed by atoms with Crippen LogP contribution < -0.4 is 14.8 Å². The van der Waals surface area contributed by atoms with E-state index in [4.69, 9.17) is 23.5 Å². The molecule has 11 nitrogen and oxygen atoms in total. The Morgan fingerprint density at radius 3 is 1.75 bits per heavy atom. The Hall–Kier alpha value is -5.71. The van der Waals surface area contributed by atoms with E-state index >= 15 is 0 Å². The second-order valence-electron chi connectivity index (χ2n) is 12.8. The van der Waals surface area contributed by atoms with E-state index in [0.29, 0.717) is 41.5 Å². The minimum atomic E-state index is -4.56. The van der Waals surface area contributed by atoms with E-state index in [1.54, 1.807) is 54.6 Å². The lowest BCUT2D eigenvalue weighted by atomic mass is 10.1. The molecule has 0 radical (unpaired) electrons. The summed E-state index contributed by atoms with van der Waals surface area (Å²) in [7, 11) is -4.56. The molecule has 0 saturated carbocycles. The third-order valence-corrected chi connectivity index (χ3v) is 11.1. The lowest BCUT2D eigenvalue weighted by molar-refractivity contribution is -0.0355. The summed E-state index contributed by atoms with van der Waals surface area (Å²) in [5.41, 5.74) is 2.44. The molecule has 0 fully saturated rings. The first-order valence-corrected chi connectivity index (χ1v) is 19.7. The van der Waals surface area contributed by atoms with Gasteiger partial charge in [0, 0.05) is 24.7 Å². The fraction of sp³-hybridized carbons (Fsp3) is 0.209. The zero-order valence-electron chi connectivity index (χ0n) is 30.2. The molecule has 2 atom stereocenters. The number of carbonyl (C=O) groups is 1. The van der Waals surface area contributed by atoms with Gasteiger partial charge in [0.05, 0.1) is 12.8 Å². The fourth-order valence-electron chi connectivity index (χ4n) is 5.72. The van der Waals surface area contributed by atoms with Crippen LogP contribution in [0, 0.1) is 0 Å². The topological polar surface area (TPSA) is 150 Å². The first-order valence-electron chi connectivity index (χ1n) is 17.8. The van der Waals surface area contributed by atoms with Crippen LogP contribution >= 0.6 is 7.37 Å². The van der Waals surface area contributed by atoms with Gasteiger partial charge in [-0.05, 0) is 52.9 Å². The number of hydrogen-bond donors (Lipinski definition) is 3. The van der Waals surface area contributed by atoms with Crippen molar-refractivity contribution in [3.8, 4) is 22.8 Å². The fourth-order valence-corrected chi connectivity index (χ4v) is 7.58. The van der Waals surface area contributed by atoms with Crippen molar-refractivity contribution < 1.29 is 42.8 Å². The quantitative estimate of drug-likeness (QED) is 0.0540. The predicted molar refractivity (Wildman–Crippen MR) is 207 cm³/mol. The van der Waals surface area contributed by atoms with Crippen molar-refractivity contribution in [3.05, 3.63) is 174 Å². The van der Waals surface area contributed by atoms with Crippen molar-refractivity contribution in [1.29, 1.82) is 0 Å². The molecule has 12 heteroatoms. The number of aliphatic hydroxyl groups excluding tert-OH is 1. The molecule has 5 aromatic carbocycles. The molecular weight excluding hydrogens is 719 g/mol. The number of benzene rings is 5. The maximum atomic E-state index is 14.5. The van der Waals surface area contributed by atoms with Crippen molar-refractivity contribution >= 4 is 13.5 Å². The Kier molecular flexibility index (Phi) is 13.5. The molecule has 0 aliphatic rings. The van der Waals surface area contributed by atoms with Crippen LogP contribution in [0.25, 0.3) is 11.3 Å². The SMILES string of the molecule is O=C(NC(CCCO)(OCc1ccc(OCc2ccccc2)cc1)P(=O)(O)Cc1cc(-c2ccccc2)no1)OCc1ccc(OCc2ccccc2)cc1. The van der Waals surface area contributed by atoms with Crippen LogP contribution in [-0.4, -0.2) is 33.3 Å². The molecule has 0 bridgehead atoms. The smallest absolute Gasteiger partial charge is 0.410 e. The second kappa shape index (κ2) is 19.1. The molecule has 284 valence electrons. The van der Waals surface area contributed by atoms with Gasteiger partial charge in [0.25, 0.3) is 7.37 Å². The van der Waals surface area contributed by atoms with Crippen LogP contribution in [0.1, 0.15) is 40.9 Å². The number of alkyl carbamates (subject to hydrolysis) is 1. The molecular formula is C43H43N2O9P. The van der Waals surface area contributed by atoms with Gasteiger partial charge in [-0.3, -0.25) is 9.88 Å². The highest BCUT2D eigenvalue weighted by Gasteiger charge is 2.51.